The van der Waals surface area contributed by atoms with E-state index in [1.807, 2.05) is 11.8 Å². The number of aliphatic imine (C=N–C) groups is 1. The summed E-state index contributed by atoms with van der Waals surface area (Å²) in [7, 11) is 0. The Hall–Kier alpha value is -0.500. The van der Waals surface area contributed by atoms with Gasteiger partial charge >= 0.3 is 0 Å². The van der Waals surface area contributed by atoms with Gasteiger partial charge in [0.05, 0.1) is 11.6 Å². The highest BCUT2D eigenvalue weighted by Crippen LogP contribution is 2.40. The summed E-state index contributed by atoms with van der Waals surface area (Å²) >= 11 is 1.90. The first-order chi connectivity index (χ1) is 6.45. The molecule has 3 aliphatic rings. The third-order valence-corrected chi connectivity index (χ3v) is 4.03. The van der Waals surface area contributed by atoms with Crippen molar-refractivity contribution in [3.05, 3.63) is 22.6 Å². The first-order valence-corrected chi connectivity index (χ1v) is 6.02. The summed E-state index contributed by atoms with van der Waals surface area (Å²) < 4.78 is 0. The normalized spacial score (nSPS) is 31.4. The first kappa shape index (κ1) is 7.86. The number of hydrogen-bond acceptors (Lipinski definition) is 2. The van der Waals surface area contributed by atoms with Crippen molar-refractivity contribution < 1.29 is 0 Å². The number of hydrogen-bond donors (Lipinski definition) is 0. The quantitative estimate of drug-likeness (QED) is 0.573. The Labute approximate surface area is 83.0 Å². The van der Waals surface area contributed by atoms with E-state index in [-0.39, 0.29) is 0 Å². The molecule has 1 heterocycles. The van der Waals surface area contributed by atoms with Gasteiger partial charge in [-0.25, -0.2) is 0 Å². The lowest BCUT2D eigenvalue weighted by Crippen LogP contribution is -2.19. The van der Waals surface area contributed by atoms with Gasteiger partial charge in [0, 0.05) is 4.91 Å². The van der Waals surface area contributed by atoms with Crippen molar-refractivity contribution in [2.75, 3.05) is 5.88 Å². The molecule has 1 nitrogen and oxygen atoms in total. The van der Waals surface area contributed by atoms with Crippen LogP contribution in [0, 0.1) is 5.92 Å². The summed E-state index contributed by atoms with van der Waals surface area (Å²) in [5, 5.41) is 0. The molecule has 0 aromatic rings. The van der Waals surface area contributed by atoms with Crippen molar-refractivity contribution in [1.29, 1.82) is 0 Å². The van der Waals surface area contributed by atoms with E-state index < -0.39 is 0 Å². The molecule has 0 spiro atoms. The fraction of sp³-hybridized carbons (Fsp3) is 0.545. The lowest BCUT2D eigenvalue weighted by Gasteiger charge is -2.27. The fourth-order valence-electron chi connectivity index (χ4n) is 2.43. The molecular formula is C11H13NS. The Morgan fingerprint density at radius 2 is 2.38 bits per heavy atom. The average molecular weight is 191 g/mol. The summed E-state index contributed by atoms with van der Waals surface area (Å²) in [6.07, 6.45) is 10.1. The van der Waals surface area contributed by atoms with E-state index in [9.17, 15) is 0 Å². The second-order valence-corrected chi connectivity index (χ2v) is 4.86. The molecule has 1 aliphatic heterocycles. The van der Waals surface area contributed by atoms with E-state index in [0.29, 0.717) is 0 Å². The van der Waals surface area contributed by atoms with E-state index in [2.05, 4.69) is 17.1 Å². The van der Waals surface area contributed by atoms with Crippen LogP contribution in [-0.2, 0) is 0 Å². The standard InChI is InChI=1S/C11H13NS/c1-2-4-9-8(3-1)5-6-10-11(9)12-7-13-10/h4,6,8H,1-3,5,7H2. The van der Waals surface area contributed by atoms with Gasteiger partial charge in [-0.3, -0.25) is 4.99 Å². The van der Waals surface area contributed by atoms with Crippen LogP contribution in [-0.4, -0.2) is 11.6 Å². The molecule has 68 valence electrons. The summed E-state index contributed by atoms with van der Waals surface area (Å²) in [5.74, 6) is 1.75. The maximum absolute atomic E-state index is 4.59. The zero-order valence-electron chi connectivity index (χ0n) is 7.62. The van der Waals surface area contributed by atoms with E-state index in [1.165, 1.54) is 36.3 Å². The highest BCUT2D eigenvalue weighted by atomic mass is 32.2. The van der Waals surface area contributed by atoms with Crippen LogP contribution in [0.3, 0.4) is 0 Å². The second kappa shape index (κ2) is 3.02. The van der Waals surface area contributed by atoms with Gasteiger partial charge in [-0.2, -0.15) is 0 Å². The summed E-state index contributed by atoms with van der Waals surface area (Å²) in [5.41, 5.74) is 2.90. The molecule has 0 fully saturated rings. The largest absolute Gasteiger partial charge is 0.273 e. The van der Waals surface area contributed by atoms with Crippen molar-refractivity contribution in [2.24, 2.45) is 10.9 Å². The molecule has 0 saturated carbocycles. The minimum atomic E-state index is 0.801. The number of allylic oxidation sites excluding steroid dienone is 4. The number of fused-ring (bicyclic) bond motifs is 3. The minimum absolute atomic E-state index is 0.801. The number of nitrogens with zero attached hydrogens (tertiary/aromatic N) is 1. The van der Waals surface area contributed by atoms with Crippen molar-refractivity contribution in [3.8, 4) is 0 Å². The maximum Gasteiger partial charge on any atom is 0.0898 e. The predicted molar refractivity (Wildman–Crippen MR) is 58.0 cm³/mol. The smallest absolute Gasteiger partial charge is 0.0898 e. The van der Waals surface area contributed by atoms with E-state index >= 15 is 0 Å². The molecule has 0 N–H and O–H groups in total. The molecule has 0 aromatic carbocycles. The molecule has 1 atom stereocenters. The molecule has 0 bridgehead atoms. The van der Waals surface area contributed by atoms with Gasteiger partial charge in [0.25, 0.3) is 0 Å². The topological polar surface area (TPSA) is 12.4 Å². The van der Waals surface area contributed by atoms with Gasteiger partial charge in [0.2, 0.25) is 0 Å². The zero-order chi connectivity index (χ0) is 8.67. The molecular weight excluding hydrogens is 178 g/mol. The van der Waals surface area contributed by atoms with E-state index in [0.717, 1.165) is 11.8 Å². The third-order valence-electron chi connectivity index (χ3n) is 3.10. The number of thioether (sulfide) groups is 1. The molecule has 2 aliphatic carbocycles. The van der Waals surface area contributed by atoms with Gasteiger partial charge in [-0.15, -0.1) is 11.8 Å². The van der Waals surface area contributed by atoms with Crippen LogP contribution in [0.4, 0.5) is 0 Å². The molecule has 3 rings (SSSR count). The predicted octanol–water partition coefficient (Wildman–Crippen LogP) is 3.15. The lowest BCUT2D eigenvalue weighted by atomic mass is 9.80. The fourth-order valence-corrected chi connectivity index (χ4v) is 3.30. The van der Waals surface area contributed by atoms with E-state index in [1.54, 1.807) is 5.57 Å². The monoisotopic (exact) mass is 191 g/mol. The van der Waals surface area contributed by atoms with Crippen LogP contribution in [0.5, 0.6) is 0 Å². The van der Waals surface area contributed by atoms with E-state index in [4.69, 9.17) is 0 Å². The highest BCUT2D eigenvalue weighted by molar-refractivity contribution is 8.04. The molecule has 0 amide bonds. The number of rotatable bonds is 0. The van der Waals surface area contributed by atoms with Crippen LogP contribution in [0.15, 0.2) is 27.6 Å². The van der Waals surface area contributed by atoms with Crippen molar-refractivity contribution in [1.82, 2.24) is 0 Å². The lowest BCUT2D eigenvalue weighted by molar-refractivity contribution is 0.528. The molecule has 1 unspecified atom stereocenters. The van der Waals surface area contributed by atoms with Gasteiger partial charge in [0.15, 0.2) is 0 Å². The molecule has 0 saturated heterocycles. The molecule has 13 heavy (non-hydrogen) atoms. The Morgan fingerprint density at radius 1 is 1.38 bits per heavy atom. The van der Waals surface area contributed by atoms with Gasteiger partial charge in [-0.05, 0) is 37.2 Å². The molecule has 2 heteroatoms. The Bertz CT molecular complexity index is 325. The Kier molecular flexibility index (Phi) is 1.82. The molecule has 0 aromatic heterocycles. The van der Waals surface area contributed by atoms with Crippen molar-refractivity contribution in [3.63, 3.8) is 0 Å². The van der Waals surface area contributed by atoms with Crippen LogP contribution in [0.2, 0.25) is 0 Å². The first-order valence-electron chi connectivity index (χ1n) is 5.03. The summed E-state index contributed by atoms with van der Waals surface area (Å²) in [6.45, 7) is 0. The molecule has 0 radical (unpaired) electrons. The summed E-state index contributed by atoms with van der Waals surface area (Å²) in [4.78, 5) is 6.03. The highest BCUT2D eigenvalue weighted by Gasteiger charge is 2.29. The van der Waals surface area contributed by atoms with Crippen LogP contribution in [0.1, 0.15) is 25.7 Å². The van der Waals surface area contributed by atoms with Gasteiger partial charge in [0.1, 0.15) is 0 Å². The van der Waals surface area contributed by atoms with Crippen LogP contribution in [0.25, 0.3) is 0 Å². The average Bonchev–Trinajstić information content (AvgIpc) is 2.65. The van der Waals surface area contributed by atoms with Crippen molar-refractivity contribution >= 4 is 17.5 Å². The van der Waals surface area contributed by atoms with Gasteiger partial charge < -0.3 is 0 Å². The zero-order valence-corrected chi connectivity index (χ0v) is 8.44. The maximum atomic E-state index is 4.59. The Balaban J connectivity index is 2.05. The SMILES string of the molecule is C1=C2SCN=C2C2=CCCCC2C1. The van der Waals surface area contributed by atoms with Gasteiger partial charge in [-0.1, -0.05) is 12.2 Å². The van der Waals surface area contributed by atoms with Crippen LogP contribution < -0.4 is 0 Å². The second-order valence-electron chi connectivity index (χ2n) is 3.87. The Morgan fingerprint density at radius 3 is 3.38 bits per heavy atom. The third kappa shape index (κ3) is 1.19. The minimum Gasteiger partial charge on any atom is -0.273 e. The summed E-state index contributed by atoms with van der Waals surface area (Å²) in [6, 6.07) is 0. The van der Waals surface area contributed by atoms with Crippen molar-refractivity contribution in [2.45, 2.75) is 25.7 Å². The van der Waals surface area contributed by atoms with Crippen LogP contribution >= 0.6 is 11.8 Å².